The maximum Gasteiger partial charge on any atom is 0.135 e. The number of nitrogen functional groups attached to an aromatic ring is 1. The molecule has 0 amide bonds. The molecule has 3 rings (SSSR count). The van der Waals surface area contributed by atoms with E-state index in [0.717, 1.165) is 27.4 Å². The Bertz CT molecular complexity index is 696. The van der Waals surface area contributed by atoms with Crippen LogP contribution >= 0.6 is 11.3 Å². The molecule has 0 saturated heterocycles. The van der Waals surface area contributed by atoms with Crippen molar-refractivity contribution in [2.45, 2.75) is 6.92 Å². The van der Waals surface area contributed by atoms with Crippen LogP contribution in [0.25, 0.3) is 21.6 Å². The summed E-state index contributed by atoms with van der Waals surface area (Å²) in [6.45, 7) is 2.00. The predicted molar refractivity (Wildman–Crippen MR) is 71.0 cm³/mol. The Hall–Kier alpha value is -1.88. The number of aryl methyl sites for hydroxylation is 2. The van der Waals surface area contributed by atoms with Crippen molar-refractivity contribution in [1.29, 1.82) is 0 Å². The maximum atomic E-state index is 5.64. The van der Waals surface area contributed by atoms with Gasteiger partial charge in [-0.2, -0.15) is 0 Å². The number of imidazole rings is 1. The quantitative estimate of drug-likeness (QED) is 0.715. The first-order chi connectivity index (χ1) is 8.15. The Morgan fingerprint density at radius 1 is 1.29 bits per heavy atom. The van der Waals surface area contributed by atoms with E-state index in [-0.39, 0.29) is 0 Å². The lowest BCUT2D eigenvalue weighted by molar-refractivity contribution is 0.886. The van der Waals surface area contributed by atoms with Gasteiger partial charge < -0.3 is 10.3 Å². The van der Waals surface area contributed by atoms with Gasteiger partial charge in [-0.1, -0.05) is 0 Å². The number of nitrogens with zero attached hydrogens (tertiary/aromatic N) is 3. The number of rotatable bonds is 1. The molecule has 2 heterocycles. The van der Waals surface area contributed by atoms with Gasteiger partial charge in [-0.15, -0.1) is 11.3 Å². The minimum absolute atomic E-state index is 0.572. The summed E-state index contributed by atoms with van der Waals surface area (Å²) in [5, 5.41) is 2.79. The van der Waals surface area contributed by atoms with Crippen molar-refractivity contribution in [3.63, 3.8) is 0 Å². The van der Waals surface area contributed by atoms with Crippen molar-refractivity contribution in [2.75, 3.05) is 5.73 Å². The number of anilines is 1. The highest BCUT2D eigenvalue weighted by Crippen LogP contribution is 2.27. The lowest BCUT2D eigenvalue weighted by Crippen LogP contribution is -1.89. The number of hydrogen-bond acceptors (Lipinski definition) is 4. The van der Waals surface area contributed by atoms with Gasteiger partial charge in [-0.25, -0.2) is 9.97 Å². The SMILES string of the molecule is Cc1nc2cc(-c3nc(N)cs3)ccc2n1C. The topological polar surface area (TPSA) is 56.7 Å². The second-order valence-electron chi connectivity index (χ2n) is 4.00. The Morgan fingerprint density at radius 3 is 2.82 bits per heavy atom. The molecule has 0 unspecified atom stereocenters. The fraction of sp³-hybridized carbons (Fsp3) is 0.167. The standard InChI is InChI=1S/C12H12N4S/c1-7-14-9-5-8(3-4-10(9)16(7)2)12-15-11(13)6-17-12/h3-6H,13H2,1-2H3. The van der Waals surface area contributed by atoms with Crippen LogP contribution in [0.5, 0.6) is 0 Å². The van der Waals surface area contributed by atoms with Crippen LogP contribution in [0, 0.1) is 6.92 Å². The van der Waals surface area contributed by atoms with Crippen molar-refractivity contribution >= 4 is 28.2 Å². The molecule has 0 aliphatic heterocycles. The number of nitrogens with two attached hydrogens (primary N) is 1. The molecule has 0 radical (unpaired) electrons. The van der Waals surface area contributed by atoms with Crippen molar-refractivity contribution in [1.82, 2.24) is 14.5 Å². The first-order valence-corrected chi connectivity index (χ1v) is 6.17. The number of hydrogen-bond donors (Lipinski definition) is 1. The highest BCUT2D eigenvalue weighted by atomic mass is 32.1. The number of thiazole rings is 1. The molecule has 4 nitrogen and oxygen atoms in total. The zero-order valence-corrected chi connectivity index (χ0v) is 10.5. The molecular formula is C12H12N4S. The molecule has 2 aromatic heterocycles. The van der Waals surface area contributed by atoms with E-state index in [2.05, 4.69) is 32.7 Å². The average molecular weight is 244 g/mol. The number of aromatic nitrogens is 3. The zero-order chi connectivity index (χ0) is 12.0. The lowest BCUT2D eigenvalue weighted by atomic mass is 10.2. The summed E-state index contributed by atoms with van der Waals surface area (Å²) < 4.78 is 2.08. The van der Waals surface area contributed by atoms with Crippen LogP contribution in [0.4, 0.5) is 5.82 Å². The maximum absolute atomic E-state index is 5.64. The van der Waals surface area contributed by atoms with E-state index in [0.29, 0.717) is 5.82 Å². The molecule has 0 atom stereocenters. The second-order valence-corrected chi connectivity index (χ2v) is 4.86. The molecule has 1 aromatic carbocycles. The molecule has 2 N–H and O–H groups in total. The zero-order valence-electron chi connectivity index (χ0n) is 9.64. The van der Waals surface area contributed by atoms with Crippen LogP contribution < -0.4 is 5.73 Å². The smallest absolute Gasteiger partial charge is 0.135 e. The van der Waals surface area contributed by atoms with Gasteiger partial charge >= 0.3 is 0 Å². The van der Waals surface area contributed by atoms with E-state index in [1.807, 2.05) is 19.4 Å². The molecule has 5 heteroatoms. The fourth-order valence-electron chi connectivity index (χ4n) is 1.87. The predicted octanol–water partition coefficient (Wildman–Crippen LogP) is 2.59. The van der Waals surface area contributed by atoms with Gasteiger partial charge in [0, 0.05) is 18.0 Å². The monoisotopic (exact) mass is 244 g/mol. The van der Waals surface area contributed by atoms with Crippen LogP contribution in [-0.4, -0.2) is 14.5 Å². The summed E-state index contributed by atoms with van der Waals surface area (Å²) in [5.74, 6) is 1.58. The van der Waals surface area contributed by atoms with Gasteiger partial charge in [-0.05, 0) is 25.1 Å². The molecular weight excluding hydrogens is 232 g/mol. The summed E-state index contributed by atoms with van der Waals surface area (Å²) in [4.78, 5) is 8.79. The Kier molecular flexibility index (Phi) is 2.16. The average Bonchev–Trinajstić information content (AvgIpc) is 2.85. The molecule has 0 spiro atoms. The molecule has 0 aliphatic carbocycles. The second kappa shape index (κ2) is 3.56. The number of fused-ring (bicyclic) bond motifs is 1. The van der Waals surface area contributed by atoms with Crippen LogP contribution in [0.2, 0.25) is 0 Å². The normalized spacial score (nSPS) is 11.2. The largest absolute Gasteiger partial charge is 0.383 e. The van der Waals surface area contributed by atoms with E-state index < -0.39 is 0 Å². The highest BCUT2D eigenvalue weighted by Gasteiger charge is 2.08. The third kappa shape index (κ3) is 1.59. The fourth-order valence-corrected chi connectivity index (χ4v) is 2.58. The van der Waals surface area contributed by atoms with Gasteiger partial charge in [0.15, 0.2) is 0 Å². The van der Waals surface area contributed by atoms with Crippen LogP contribution in [0.3, 0.4) is 0 Å². The summed E-state index contributed by atoms with van der Waals surface area (Å²) in [6.07, 6.45) is 0. The Balaban J connectivity index is 2.20. The first-order valence-electron chi connectivity index (χ1n) is 5.29. The molecule has 0 saturated carbocycles. The Morgan fingerprint density at radius 2 is 2.12 bits per heavy atom. The van der Waals surface area contributed by atoms with Gasteiger partial charge in [-0.3, -0.25) is 0 Å². The molecule has 17 heavy (non-hydrogen) atoms. The first kappa shape index (κ1) is 10.3. The molecule has 86 valence electrons. The molecule has 0 aliphatic rings. The van der Waals surface area contributed by atoms with E-state index in [1.54, 1.807) is 11.3 Å². The summed E-state index contributed by atoms with van der Waals surface area (Å²) in [7, 11) is 2.02. The molecule has 0 fully saturated rings. The van der Waals surface area contributed by atoms with Gasteiger partial charge in [0.1, 0.15) is 16.6 Å². The van der Waals surface area contributed by atoms with Gasteiger partial charge in [0.05, 0.1) is 11.0 Å². The van der Waals surface area contributed by atoms with Crippen molar-refractivity contribution in [2.24, 2.45) is 7.05 Å². The van der Waals surface area contributed by atoms with Crippen molar-refractivity contribution < 1.29 is 0 Å². The van der Waals surface area contributed by atoms with Crippen LogP contribution in [-0.2, 0) is 7.05 Å². The van der Waals surface area contributed by atoms with E-state index in [1.165, 1.54) is 0 Å². The molecule has 3 aromatic rings. The minimum atomic E-state index is 0.572. The third-order valence-corrected chi connectivity index (χ3v) is 3.78. The lowest BCUT2D eigenvalue weighted by Gasteiger charge is -1.98. The van der Waals surface area contributed by atoms with Crippen molar-refractivity contribution in [3.8, 4) is 10.6 Å². The van der Waals surface area contributed by atoms with Crippen molar-refractivity contribution in [3.05, 3.63) is 29.4 Å². The third-order valence-electron chi connectivity index (χ3n) is 2.87. The van der Waals surface area contributed by atoms with E-state index >= 15 is 0 Å². The van der Waals surface area contributed by atoms with E-state index in [9.17, 15) is 0 Å². The molecule has 0 bridgehead atoms. The summed E-state index contributed by atoms with van der Waals surface area (Å²) in [5.41, 5.74) is 8.83. The van der Waals surface area contributed by atoms with E-state index in [4.69, 9.17) is 5.73 Å². The van der Waals surface area contributed by atoms with Gasteiger partial charge in [0.2, 0.25) is 0 Å². The van der Waals surface area contributed by atoms with Crippen LogP contribution in [0.1, 0.15) is 5.82 Å². The van der Waals surface area contributed by atoms with Gasteiger partial charge in [0.25, 0.3) is 0 Å². The minimum Gasteiger partial charge on any atom is -0.383 e. The van der Waals surface area contributed by atoms with Crippen LogP contribution in [0.15, 0.2) is 23.6 Å². The Labute approximate surface area is 103 Å². The summed E-state index contributed by atoms with van der Waals surface area (Å²) in [6, 6.07) is 6.19. The number of benzene rings is 1. The highest BCUT2D eigenvalue weighted by molar-refractivity contribution is 7.13. The summed E-state index contributed by atoms with van der Waals surface area (Å²) >= 11 is 1.55.